The maximum Gasteiger partial charge on any atom is 0.119 e. The predicted octanol–water partition coefficient (Wildman–Crippen LogP) is 2.74. The van der Waals surface area contributed by atoms with E-state index in [9.17, 15) is 5.11 Å². The van der Waals surface area contributed by atoms with Crippen molar-refractivity contribution in [2.45, 2.75) is 25.2 Å². The predicted molar refractivity (Wildman–Crippen MR) is 85.6 cm³/mol. The summed E-state index contributed by atoms with van der Waals surface area (Å²) in [7, 11) is 0. The molecule has 0 bridgehead atoms. The molecule has 0 saturated heterocycles. The summed E-state index contributed by atoms with van der Waals surface area (Å²) in [5.41, 5.74) is 8.05. The molecule has 0 aromatic heterocycles. The fraction of sp³-hybridized carbons (Fsp3) is 0.294. The van der Waals surface area contributed by atoms with Crippen molar-refractivity contribution in [1.29, 1.82) is 0 Å². The Morgan fingerprint density at radius 1 is 1.00 bits per heavy atom. The maximum atomic E-state index is 9.57. The minimum absolute atomic E-state index is 0.152. The average Bonchev–Trinajstić information content (AvgIpc) is 2.54. The molecule has 0 radical (unpaired) electrons. The van der Waals surface area contributed by atoms with E-state index in [0.29, 0.717) is 13.0 Å². The molecule has 0 amide bonds. The van der Waals surface area contributed by atoms with Gasteiger partial charge >= 0.3 is 0 Å². The fourth-order valence-corrected chi connectivity index (χ4v) is 2.21. The van der Waals surface area contributed by atoms with Crippen LogP contribution < -0.4 is 10.5 Å². The van der Waals surface area contributed by atoms with Gasteiger partial charge in [-0.2, -0.15) is 0 Å². The number of rotatable bonds is 7. The Morgan fingerprint density at radius 3 is 2.29 bits per heavy atom. The lowest BCUT2D eigenvalue weighted by atomic mass is 10.0. The molecule has 0 heterocycles. The van der Waals surface area contributed by atoms with E-state index in [1.54, 1.807) is 0 Å². The van der Waals surface area contributed by atoms with Crippen molar-refractivity contribution in [2.75, 3.05) is 5.88 Å². The Morgan fingerprint density at radius 2 is 1.67 bits per heavy atom. The second-order valence-corrected chi connectivity index (χ2v) is 5.32. The van der Waals surface area contributed by atoms with Crippen molar-refractivity contribution in [3.63, 3.8) is 0 Å². The summed E-state index contributed by atoms with van der Waals surface area (Å²) in [4.78, 5) is 0. The number of ether oxygens (including phenoxy) is 1. The number of hydrogen-bond acceptors (Lipinski definition) is 3. The van der Waals surface area contributed by atoms with Crippen molar-refractivity contribution in [2.24, 2.45) is 5.73 Å². The van der Waals surface area contributed by atoms with Crippen LogP contribution in [0.5, 0.6) is 5.75 Å². The molecule has 0 spiro atoms. The van der Waals surface area contributed by atoms with Crippen LogP contribution in [0.2, 0.25) is 0 Å². The minimum Gasteiger partial charge on any atom is -0.489 e. The third kappa shape index (κ3) is 5.05. The lowest BCUT2D eigenvalue weighted by molar-refractivity contribution is 0.166. The lowest BCUT2D eigenvalue weighted by Crippen LogP contribution is -2.37. The van der Waals surface area contributed by atoms with Gasteiger partial charge < -0.3 is 15.6 Å². The fourth-order valence-electron chi connectivity index (χ4n) is 1.99. The second kappa shape index (κ2) is 8.03. The van der Waals surface area contributed by atoms with Gasteiger partial charge in [0.15, 0.2) is 0 Å². The molecule has 2 aromatic rings. The molecule has 0 aliphatic carbocycles. The number of benzene rings is 2. The molecule has 0 aliphatic heterocycles. The number of alkyl halides is 1. The summed E-state index contributed by atoms with van der Waals surface area (Å²) in [6.45, 7) is 0.546. The van der Waals surface area contributed by atoms with Crippen LogP contribution in [0.15, 0.2) is 54.6 Å². The monoisotopic (exact) mass is 305 g/mol. The van der Waals surface area contributed by atoms with Crippen molar-refractivity contribution in [1.82, 2.24) is 0 Å². The Labute approximate surface area is 130 Å². The van der Waals surface area contributed by atoms with Gasteiger partial charge in [-0.15, -0.1) is 11.6 Å². The SMILES string of the molecule is NC(Cc1ccc(OCc2ccccc2)cc1)C(O)CCl. The van der Waals surface area contributed by atoms with E-state index in [0.717, 1.165) is 16.9 Å². The molecule has 2 rings (SSSR count). The number of nitrogens with two attached hydrogens (primary N) is 1. The summed E-state index contributed by atoms with van der Waals surface area (Å²) in [5.74, 6) is 0.966. The van der Waals surface area contributed by atoms with E-state index in [1.807, 2.05) is 54.6 Å². The van der Waals surface area contributed by atoms with Gasteiger partial charge in [0, 0.05) is 11.9 Å². The van der Waals surface area contributed by atoms with Crippen LogP contribution >= 0.6 is 11.6 Å². The summed E-state index contributed by atoms with van der Waals surface area (Å²) in [6, 6.07) is 17.4. The number of aliphatic hydroxyl groups is 1. The van der Waals surface area contributed by atoms with Crippen LogP contribution in [0, 0.1) is 0 Å². The smallest absolute Gasteiger partial charge is 0.119 e. The normalized spacial score (nSPS) is 13.7. The first kappa shape index (κ1) is 15.8. The molecule has 4 heteroatoms. The van der Waals surface area contributed by atoms with Crippen molar-refractivity contribution in [3.05, 3.63) is 65.7 Å². The molecule has 21 heavy (non-hydrogen) atoms. The van der Waals surface area contributed by atoms with Crippen molar-refractivity contribution >= 4 is 11.6 Å². The molecule has 2 unspecified atom stereocenters. The second-order valence-electron chi connectivity index (χ2n) is 5.01. The third-order valence-corrected chi connectivity index (χ3v) is 3.61. The van der Waals surface area contributed by atoms with E-state index < -0.39 is 6.10 Å². The van der Waals surface area contributed by atoms with E-state index in [1.165, 1.54) is 0 Å². The Balaban J connectivity index is 1.87. The van der Waals surface area contributed by atoms with Gasteiger partial charge in [-0.05, 0) is 29.7 Å². The number of aliphatic hydroxyl groups excluding tert-OH is 1. The molecule has 0 aliphatic rings. The molecule has 2 atom stereocenters. The first-order valence-electron chi connectivity index (χ1n) is 6.94. The first-order valence-corrected chi connectivity index (χ1v) is 7.48. The first-order chi connectivity index (χ1) is 10.2. The van der Waals surface area contributed by atoms with E-state index >= 15 is 0 Å². The van der Waals surface area contributed by atoms with Crippen LogP contribution in [0.25, 0.3) is 0 Å². The molecule has 112 valence electrons. The highest BCUT2D eigenvalue weighted by Gasteiger charge is 2.13. The highest BCUT2D eigenvalue weighted by Crippen LogP contribution is 2.15. The zero-order valence-corrected chi connectivity index (χ0v) is 12.5. The molecule has 0 fully saturated rings. The Hall–Kier alpha value is -1.55. The summed E-state index contributed by atoms with van der Waals surface area (Å²) in [6.07, 6.45) is -0.0898. The molecular weight excluding hydrogens is 286 g/mol. The van der Waals surface area contributed by atoms with E-state index in [2.05, 4.69) is 0 Å². The van der Waals surface area contributed by atoms with Crippen LogP contribution in [-0.4, -0.2) is 23.1 Å². The van der Waals surface area contributed by atoms with Crippen LogP contribution in [0.4, 0.5) is 0 Å². The van der Waals surface area contributed by atoms with Gasteiger partial charge in [0.2, 0.25) is 0 Å². The summed E-state index contributed by atoms with van der Waals surface area (Å²) >= 11 is 5.59. The highest BCUT2D eigenvalue weighted by molar-refractivity contribution is 6.18. The van der Waals surface area contributed by atoms with Crippen LogP contribution in [-0.2, 0) is 13.0 Å². The van der Waals surface area contributed by atoms with Crippen LogP contribution in [0.1, 0.15) is 11.1 Å². The number of halogens is 1. The van der Waals surface area contributed by atoms with Gasteiger partial charge in [-0.1, -0.05) is 42.5 Å². The third-order valence-electron chi connectivity index (χ3n) is 3.30. The topological polar surface area (TPSA) is 55.5 Å². The zero-order chi connectivity index (χ0) is 15.1. The van der Waals surface area contributed by atoms with Gasteiger partial charge in [0.25, 0.3) is 0 Å². The van der Waals surface area contributed by atoms with Gasteiger partial charge in [0.05, 0.1) is 6.10 Å². The lowest BCUT2D eigenvalue weighted by Gasteiger charge is -2.16. The van der Waals surface area contributed by atoms with Crippen molar-refractivity contribution in [3.8, 4) is 5.75 Å². The largest absolute Gasteiger partial charge is 0.489 e. The molecular formula is C17H20ClNO2. The Kier molecular flexibility index (Phi) is 6.05. The number of hydrogen-bond donors (Lipinski definition) is 2. The zero-order valence-electron chi connectivity index (χ0n) is 11.8. The summed E-state index contributed by atoms with van der Waals surface area (Å²) in [5, 5.41) is 9.57. The van der Waals surface area contributed by atoms with Crippen molar-refractivity contribution < 1.29 is 9.84 Å². The average molecular weight is 306 g/mol. The molecule has 3 nitrogen and oxygen atoms in total. The van der Waals surface area contributed by atoms with E-state index in [4.69, 9.17) is 22.1 Å². The van der Waals surface area contributed by atoms with Gasteiger partial charge in [-0.25, -0.2) is 0 Å². The van der Waals surface area contributed by atoms with Gasteiger partial charge in [-0.3, -0.25) is 0 Å². The molecule has 2 aromatic carbocycles. The minimum atomic E-state index is -0.680. The standard InChI is InChI=1S/C17H20ClNO2/c18-11-17(20)16(19)10-13-6-8-15(9-7-13)21-12-14-4-2-1-3-5-14/h1-9,16-17,20H,10-12,19H2. The van der Waals surface area contributed by atoms with Gasteiger partial charge in [0.1, 0.15) is 12.4 Å². The van der Waals surface area contributed by atoms with Crippen LogP contribution in [0.3, 0.4) is 0 Å². The Bertz CT molecular complexity index is 530. The molecule has 0 saturated carbocycles. The van der Waals surface area contributed by atoms with E-state index in [-0.39, 0.29) is 11.9 Å². The molecule has 3 N–H and O–H groups in total. The summed E-state index contributed by atoms with van der Waals surface area (Å²) < 4.78 is 5.72. The maximum absolute atomic E-state index is 9.57. The quantitative estimate of drug-likeness (QED) is 0.773. The highest BCUT2D eigenvalue weighted by atomic mass is 35.5.